The number of nitrogens with one attached hydrogen (secondary N) is 1. The summed E-state index contributed by atoms with van der Waals surface area (Å²) in [6, 6.07) is 7.69. The fraction of sp³-hybridized carbons (Fsp3) is 0.667. The summed E-state index contributed by atoms with van der Waals surface area (Å²) >= 11 is 0. The van der Waals surface area contributed by atoms with Crippen LogP contribution >= 0.6 is 0 Å². The first-order chi connectivity index (χ1) is 15.3. The number of hydroxylamine groups is 2. The molecule has 0 aliphatic carbocycles. The number of alkyl halides is 3. The van der Waals surface area contributed by atoms with Crippen LogP contribution in [0.25, 0.3) is 0 Å². The smallest absolute Gasteiger partial charge is 0.361 e. The minimum absolute atomic E-state index is 0.0514. The molecule has 5 nitrogen and oxygen atoms in total. The molecule has 1 saturated heterocycles. The van der Waals surface area contributed by atoms with Crippen molar-refractivity contribution in [2.45, 2.75) is 83.7 Å². The van der Waals surface area contributed by atoms with E-state index in [0.717, 1.165) is 17.9 Å². The summed E-state index contributed by atoms with van der Waals surface area (Å²) < 4.78 is 37.1. The number of aryl methyl sites for hydroxylation is 1. The van der Waals surface area contributed by atoms with Crippen molar-refractivity contribution in [1.82, 2.24) is 5.06 Å². The Labute approximate surface area is 188 Å². The van der Waals surface area contributed by atoms with Gasteiger partial charge >= 0.3 is 12.1 Å². The number of hydrogen-bond donors (Lipinski definition) is 1. The van der Waals surface area contributed by atoms with E-state index in [0.29, 0.717) is 18.5 Å². The first-order valence-corrected chi connectivity index (χ1v) is 11.7. The van der Waals surface area contributed by atoms with Gasteiger partial charge in [-0.2, -0.15) is 13.2 Å². The second kappa shape index (κ2) is 13.5. The van der Waals surface area contributed by atoms with E-state index in [-0.39, 0.29) is 19.0 Å². The number of piperidine rings is 1. The Balaban J connectivity index is 1.70. The monoisotopic (exact) mass is 456 g/mol. The van der Waals surface area contributed by atoms with Crippen molar-refractivity contribution in [2.24, 2.45) is 5.92 Å². The fourth-order valence-electron chi connectivity index (χ4n) is 3.87. The largest absolute Gasteiger partial charge is 0.492 e. The molecule has 180 valence electrons. The Morgan fingerprint density at radius 3 is 2.28 bits per heavy atom. The Morgan fingerprint density at radius 2 is 1.66 bits per heavy atom. The van der Waals surface area contributed by atoms with Crippen molar-refractivity contribution in [3.05, 3.63) is 29.8 Å². The summed E-state index contributed by atoms with van der Waals surface area (Å²) in [5.74, 6) is -3.08. The summed E-state index contributed by atoms with van der Waals surface area (Å²) in [5, 5.41) is 3.74. The molecule has 32 heavy (non-hydrogen) atoms. The highest BCUT2D eigenvalue weighted by Gasteiger charge is 2.43. The Kier molecular flexibility index (Phi) is 11.0. The first-order valence-electron chi connectivity index (χ1n) is 11.7. The van der Waals surface area contributed by atoms with Gasteiger partial charge in [0, 0.05) is 18.8 Å². The lowest BCUT2D eigenvalue weighted by molar-refractivity contribution is -0.243. The Bertz CT molecular complexity index is 707. The van der Waals surface area contributed by atoms with Crippen LogP contribution in [-0.2, 0) is 20.8 Å². The normalized spacial score (nSPS) is 17.2. The van der Waals surface area contributed by atoms with E-state index in [1.807, 2.05) is 24.3 Å². The minimum Gasteiger partial charge on any atom is -0.361 e. The number of unbranched alkanes of at least 4 members (excludes halogenated alkanes) is 7. The van der Waals surface area contributed by atoms with E-state index in [2.05, 4.69) is 17.1 Å². The average molecular weight is 457 g/mol. The van der Waals surface area contributed by atoms with E-state index in [9.17, 15) is 22.8 Å². The van der Waals surface area contributed by atoms with E-state index >= 15 is 0 Å². The molecular weight excluding hydrogens is 421 g/mol. The Hall–Kier alpha value is -2.09. The van der Waals surface area contributed by atoms with Crippen LogP contribution in [0.1, 0.15) is 76.7 Å². The first kappa shape index (κ1) is 26.2. The van der Waals surface area contributed by atoms with E-state index in [4.69, 9.17) is 0 Å². The third-order valence-corrected chi connectivity index (χ3v) is 5.74. The molecule has 0 unspecified atom stereocenters. The number of rotatable bonds is 12. The van der Waals surface area contributed by atoms with Crippen molar-refractivity contribution in [2.75, 3.05) is 18.4 Å². The van der Waals surface area contributed by atoms with Crippen LogP contribution in [0.15, 0.2) is 24.3 Å². The average Bonchev–Trinajstić information content (AvgIpc) is 2.76. The molecule has 0 aromatic heterocycles. The minimum atomic E-state index is -5.05. The second-order valence-corrected chi connectivity index (χ2v) is 8.51. The lowest BCUT2D eigenvalue weighted by atomic mass is 9.98. The number of nitrogens with zero attached hydrogens (tertiary/aromatic N) is 1. The third kappa shape index (κ3) is 9.59. The lowest BCUT2D eigenvalue weighted by Gasteiger charge is -2.30. The van der Waals surface area contributed by atoms with Crippen LogP contribution in [0.2, 0.25) is 0 Å². The van der Waals surface area contributed by atoms with E-state index in [1.165, 1.54) is 50.5 Å². The predicted octanol–water partition coefficient (Wildman–Crippen LogP) is 6.04. The van der Waals surface area contributed by atoms with Crippen LogP contribution in [-0.4, -0.2) is 36.2 Å². The van der Waals surface area contributed by atoms with Gasteiger partial charge in [-0.1, -0.05) is 64.0 Å². The van der Waals surface area contributed by atoms with Crippen LogP contribution < -0.4 is 5.32 Å². The van der Waals surface area contributed by atoms with Crippen molar-refractivity contribution in [3.8, 4) is 0 Å². The lowest BCUT2D eigenvalue weighted by Crippen LogP contribution is -2.43. The van der Waals surface area contributed by atoms with Crippen molar-refractivity contribution < 1.29 is 27.6 Å². The summed E-state index contributed by atoms with van der Waals surface area (Å²) in [4.78, 5) is 27.9. The molecule has 0 bridgehead atoms. The number of benzene rings is 1. The number of anilines is 1. The molecule has 1 amide bonds. The van der Waals surface area contributed by atoms with Gasteiger partial charge in [-0.25, -0.2) is 4.79 Å². The van der Waals surface area contributed by atoms with E-state index in [1.54, 1.807) is 0 Å². The van der Waals surface area contributed by atoms with Gasteiger partial charge in [0.25, 0.3) is 0 Å². The topological polar surface area (TPSA) is 58.6 Å². The fourth-order valence-corrected chi connectivity index (χ4v) is 3.87. The van der Waals surface area contributed by atoms with Crippen LogP contribution in [0.3, 0.4) is 0 Å². The van der Waals surface area contributed by atoms with Crippen molar-refractivity contribution in [1.29, 1.82) is 0 Å². The number of halogens is 3. The molecule has 0 saturated carbocycles. The quantitative estimate of drug-likeness (QED) is 0.390. The SMILES string of the molecule is CCCCCCCCCCc1ccc(NC(=O)[C@@H]2CCCN(OC(=O)C(F)(F)F)C2)cc1. The maximum Gasteiger partial charge on any atom is 0.492 e. The van der Waals surface area contributed by atoms with Crippen LogP contribution in [0, 0.1) is 5.92 Å². The highest BCUT2D eigenvalue weighted by molar-refractivity contribution is 5.92. The highest BCUT2D eigenvalue weighted by Crippen LogP contribution is 2.23. The van der Waals surface area contributed by atoms with Gasteiger partial charge in [-0.15, -0.1) is 5.06 Å². The van der Waals surface area contributed by atoms with Gasteiger partial charge < -0.3 is 10.2 Å². The number of carbonyl (C=O) groups excluding carboxylic acids is 2. The molecule has 1 aliphatic heterocycles. The zero-order valence-corrected chi connectivity index (χ0v) is 18.9. The van der Waals surface area contributed by atoms with Gasteiger partial charge in [-0.05, 0) is 43.4 Å². The maximum atomic E-state index is 12.5. The zero-order valence-electron chi connectivity index (χ0n) is 18.9. The number of amides is 1. The van der Waals surface area contributed by atoms with Crippen LogP contribution in [0.5, 0.6) is 0 Å². The summed E-state index contributed by atoms with van der Waals surface area (Å²) in [7, 11) is 0. The standard InChI is InChI=1S/C24H35F3N2O3/c1-2-3-4-5-6-7-8-9-11-19-13-15-21(16-14-19)28-22(30)20-12-10-17-29(18-20)32-23(31)24(25,26)27/h13-16,20H,2-12,17-18H2,1H3,(H,28,30)/t20-/m1/s1. The molecular formula is C24H35F3N2O3. The zero-order chi connectivity index (χ0) is 23.4. The number of carbonyl (C=O) groups is 2. The predicted molar refractivity (Wildman–Crippen MR) is 118 cm³/mol. The van der Waals surface area contributed by atoms with Crippen LogP contribution in [0.4, 0.5) is 18.9 Å². The third-order valence-electron chi connectivity index (χ3n) is 5.74. The molecule has 1 aliphatic rings. The van der Waals surface area contributed by atoms with Gasteiger partial charge in [0.2, 0.25) is 5.91 Å². The molecule has 8 heteroatoms. The molecule has 2 rings (SSSR count). The molecule has 1 fully saturated rings. The molecule has 1 aromatic carbocycles. The molecule has 0 radical (unpaired) electrons. The molecule has 0 spiro atoms. The van der Waals surface area contributed by atoms with Crippen molar-refractivity contribution in [3.63, 3.8) is 0 Å². The van der Waals surface area contributed by atoms with Gasteiger partial charge in [0.15, 0.2) is 0 Å². The number of hydrogen-bond acceptors (Lipinski definition) is 4. The highest BCUT2D eigenvalue weighted by atomic mass is 19.4. The molecule has 1 N–H and O–H groups in total. The van der Waals surface area contributed by atoms with Gasteiger partial charge in [0.05, 0.1) is 5.92 Å². The second-order valence-electron chi connectivity index (χ2n) is 8.51. The van der Waals surface area contributed by atoms with Gasteiger partial charge in [0.1, 0.15) is 0 Å². The molecule has 1 atom stereocenters. The molecule has 1 aromatic rings. The summed E-state index contributed by atoms with van der Waals surface area (Å²) in [6.07, 6.45) is 7.16. The van der Waals surface area contributed by atoms with E-state index < -0.39 is 18.1 Å². The summed E-state index contributed by atoms with van der Waals surface area (Å²) in [6.45, 7) is 2.35. The molecule has 1 heterocycles. The summed E-state index contributed by atoms with van der Waals surface area (Å²) in [5.41, 5.74) is 1.87. The van der Waals surface area contributed by atoms with Gasteiger partial charge in [-0.3, -0.25) is 4.79 Å². The Morgan fingerprint density at radius 1 is 1.03 bits per heavy atom. The maximum absolute atomic E-state index is 12.5. The van der Waals surface area contributed by atoms with Crippen molar-refractivity contribution >= 4 is 17.6 Å².